The van der Waals surface area contributed by atoms with Crippen LogP contribution in [0.1, 0.15) is 16.8 Å². The fourth-order valence-corrected chi connectivity index (χ4v) is 1.74. The van der Waals surface area contributed by atoms with E-state index in [2.05, 4.69) is 11.1 Å². The van der Waals surface area contributed by atoms with Gasteiger partial charge in [-0.2, -0.15) is 5.26 Å². The van der Waals surface area contributed by atoms with E-state index in [1.54, 1.807) is 19.5 Å². The van der Waals surface area contributed by atoms with E-state index >= 15 is 0 Å². The van der Waals surface area contributed by atoms with Crippen molar-refractivity contribution in [3.63, 3.8) is 0 Å². The van der Waals surface area contributed by atoms with Crippen molar-refractivity contribution in [2.45, 2.75) is 13.1 Å². The van der Waals surface area contributed by atoms with Crippen LogP contribution in [0.5, 0.6) is 5.75 Å². The Labute approximate surface area is 105 Å². The summed E-state index contributed by atoms with van der Waals surface area (Å²) in [5.74, 6) is 0.592. The molecule has 2 rings (SSSR count). The number of nitriles is 1. The summed E-state index contributed by atoms with van der Waals surface area (Å²) in [4.78, 5) is 4.16. The number of aromatic nitrogens is 2. The lowest BCUT2D eigenvalue weighted by Gasteiger charge is -2.06. The van der Waals surface area contributed by atoms with Gasteiger partial charge in [0.2, 0.25) is 0 Å². The Morgan fingerprint density at radius 1 is 1.50 bits per heavy atom. The second kappa shape index (κ2) is 5.34. The van der Waals surface area contributed by atoms with Crippen molar-refractivity contribution in [2.75, 3.05) is 7.11 Å². The lowest BCUT2D eigenvalue weighted by molar-refractivity contribution is 0.413. The van der Waals surface area contributed by atoms with Gasteiger partial charge in [0.25, 0.3) is 0 Å². The molecule has 0 fully saturated rings. The molecule has 0 amide bonds. The molecule has 18 heavy (non-hydrogen) atoms. The number of hydrogen-bond donors (Lipinski definition) is 1. The molecule has 0 radical (unpaired) electrons. The minimum atomic E-state index is 0.434. The summed E-state index contributed by atoms with van der Waals surface area (Å²) in [7, 11) is 1.56. The molecule has 0 saturated carbocycles. The van der Waals surface area contributed by atoms with Gasteiger partial charge in [-0.1, -0.05) is 6.07 Å². The van der Waals surface area contributed by atoms with Gasteiger partial charge >= 0.3 is 0 Å². The Morgan fingerprint density at radius 2 is 2.33 bits per heavy atom. The second-order valence-electron chi connectivity index (χ2n) is 3.89. The maximum Gasteiger partial charge on any atom is 0.136 e. The molecule has 0 saturated heterocycles. The molecule has 5 nitrogen and oxygen atoms in total. The van der Waals surface area contributed by atoms with Crippen LogP contribution in [0.3, 0.4) is 0 Å². The first-order chi connectivity index (χ1) is 8.76. The molecule has 1 aromatic carbocycles. The van der Waals surface area contributed by atoms with Crippen molar-refractivity contribution >= 4 is 0 Å². The summed E-state index contributed by atoms with van der Waals surface area (Å²) >= 11 is 0. The van der Waals surface area contributed by atoms with Gasteiger partial charge in [0.15, 0.2) is 0 Å². The van der Waals surface area contributed by atoms with E-state index in [0.29, 0.717) is 24.4 Å². The van der Waals surface area contributed by atoms with Crippen LogP contribution in [0.25, 0.3) is 0 Å². The molecular weight excluding hydrogens is 228 g/mol. The molecule has 0 aliphatic carbocycles. The van der Waals surface area contributed by atoms with E-state index in [1.165, 1.54) is 0 Å². The van der Waals surface area contributed by atoms with Crippen LogP contribution in [0.4, 0.5) is 0 Å². The molecule has 1 heterocycles. The quantitative estimate of drug-likeness (QED) is 0.875. The zero-order valence-electron chi connectivity index (χ0n) is 10.1. The minimum Gasteiger partial charge on any atom is -0.495 e. The van der Waals surface area contributed by atoms with Gasteiger partial charge in [-0.3, -0.25) is 0 Å². The smallest absolute Gasteiger partial charge is 0.136 e. The topological polar surface area (TPSA) is 76.9 Å². The third kappa shape index (κ3) is 2.50. The zero-order valence-corrected chi connectivity index (χ0v) is 10.1. The van der Waals surface area contributed by atoms with Gasteiger partial charge < -0.3 is 15.0 Å². The predicted octanol–water partition coefficient (Wildman–Crippen LogP) is 1.27. The monoisotopic (exact) mass is 242 g/mol. The van der Waals surface area contributed by atoms with Gasteiger partial charge in [0, 0.05) is 19.3 Å². The predicted molar refractivity (Wildman–Crippen MR) is 66.9 cm³/mol. The Bertz CT molecular complexity index is 583. The summed E-state index contributed by atoms with van der Waals surface area (Å²) in [6.07, 6.45) is 3.65. The molecular formula is C13H14N4O. The van der Waals surface area contributed by atoms with Crippen LogP contribution in [-0.4, -0.2) is 16.7 Å². The third-order valence-corrected chi connectivity index (χ3v) is 2.65. The van der Waals surface area contributed by atoms with E-state index in [4.69, 9.17) is 15.7 Å². The first-order valence-electron chi connectivity index (χ1n) is 5.54. The van der Waals surface area contributed by atoms with Crippen molar-refractivity contribution in [3.8, 4) is 11.8 Å². The highest BCUT2D eigenvalue weighted by molar-refractivity contribution is 5.45. The van der Waals surface area contributed by atoms with E-state index in [1.807, 2.05) is 22.9 Å². The maximum absolute atomic E-state index is 8.91. The average molecular weight is 242 g/mol. The number of ether oxygens (including phenoxy) is 1. The van der Waals surface area contributed by atoms with Gasteiger partial charge in [-0.05, 0) is 17.7 Å². The van der Waals surface area contributed by atoms with Crippen molar-refractivity contribution in [3.05, 3.63) is 47.5 Å². The Kier molecular flexibility index (Phi) is 3.60. The number of nitrogens with zero attached hydrogens (tertiary/aromatic N) is 3. The van der Waals surface area contributed by atoms with Crippen molar-refractivity contribution in [2.24, 2.45) is 5.73 Å². The Hall–Kier alpha value is -2.32. The number of imidazole rings is 1. The molecule has 0 spiro atoms. The van der Waals surface area contributed by atoms with Crippen LogP contribution < -0.4 is 10.5 Å². The van der Waals surface area contributed by atoms with Crippen molar-refractivity contribution in [1.82, 2.24) is 9.55 Å². The summed E-state index contributed by atoms with van der Waals surface area (Å²) in [5.41, 5.74) is 7.95. The minimum absolute atomic E-state index is 0.434. The average Bonchev–Trinajstić information content (AvgIpc) is 2.86. The van der Waals surface area contributed by atoms with Gasteiger partial charge in [-0.15, -0.1) is 0 Å². The molecule has 92 valence electrons. The van der Waals surface area contributed by atoms with Crippen molar-refractivity contribution in [1.29, 1.82) is 5.26 Å². The molecule has 0 aliphatic rings. The zero-order chi connectivity index (χ0) is 13.0. The van der Waals surface area contributed by atoms with E-state index < -0.39 is 0 Å². The van der Waals surface area contributed by atoms with Crippen LogP contribution in [0.2, 0.25) is 0 Å². The van der Waals surface area contributed by atoms with Crippen LogP contribution in [0.15, 0.2) is 30.7 Å². The summed E-state index contributed by atoms with van der Waals surface area (Å²) < 4.78 is 7.12. The van der Waals surface area contributed by atoms with Gasteiger partial charge in [-0.25, -0.2) is 4.98 Å². The fraction of sp³-hybridized carbons (Fsp3) is 0.231. The maximum atomic E-state index is 8.91. The van der Waals surface area contributed by atoms with Gasteiger partial charge in [0.1, 0.15) is 11.8 Å². The molecule has 2 N–H and O–H groups in total. The Morgan fingerprint density at radius 3 is 2.94 bits per heavy atom. The van der Waals surface area contributed by atoms with E-state index in [-0.39, 0.29) is 0 Å². The number of methoxy groups -OCH3 is 1. The molecule has 1 aromatic heterocycles. The van der Waals surface area contributed by atoms with Gasteiger partial charge in [0.05, 0.1) is 24.7 Å². The van der Waals surface area contributed by atoms with Crippen LogP contribution in [-0.2, 0) is 13.1 Å². The van der Waals surface area contributed by atoms with Crippen LogP contribution >= 0.6 is 0 Å². The highest BCUT2D eigenvalue weighted by Crippen LogP contribution is 2.19. The second-order valence-corrected chi connectivity index (χ2v) is 3.89. The molecule has 0 unspecified atom stereocenters. The lowest BCUT2D eigenvalue weighted by Crippen LogP contribution is -1.99. The van der Waals surface area contributed by atoms with Crippen LogP contribution in [0, 0.1) is 11.3 Å². The largest absolute Gasteiger partial charge is 0.495 e. The van der Waals surface area contributed by atoms with E-state index in [9.17, 15) is 0 Å². The normalized spacial score (nSPS) is 10.1. The number of nitrogens with two attached hydrogens (primary N) is 1. The highest BCUT2D eigenvalue weighted by Gasteiger charge is 2.04. The standard InChI is InChI=1S/C13H14N4O/c1-18-13-4-10(2-3-11(13)5-14)7-17-8-12(6-15)16-9-17/h2-4,8-9H,6-7,15H2,1H3. The molecule has 0 atom stereocenters. The third-order valence-electron chi connectivity index (χ3n) is 2.65. The first-order valence-corrected chi connectivity index (χ1v) is 5.54. The number of hydrogen-bond acceptors (Lipinski definition) is 4. The molecule has 5 heteroatoms. The summed E-state index contributed by atoms with van der Waals surface area (Å²) in [6.45, 7) is 1.11. The molecule has 0 aliphatic heterocycles. The Balaban J connectivity index is 2.22. The summed E-state index contributed by atoms with van der Waals surface area (Å²) in [6, 6.07) is 7.62. The molecule has 0 bridgehead atoms. The molecule has 2 aromatic rings. The fourth-order valence-electron chi connectivity index (χ4n) is 1.74. The van der Waals surface area contributed by atoms with Crippen molar-refractivity contribution < 1.29 is 4.74 Å². The SMILES string of the molecule is COc1cc(Cn2cnc(CN)c2)ccc1C#N. The number of benzene rings is 1. The van der Waals surface area contributed by atoms with E-state index in [0.717, 1.165) is 11.3 Å². The first kappa shape index (κ1) is 12.1. The highest BCUT2D eigenvalue weighted by atomic mass is 16.5. The number of rotatable bonds is 4. The summed E-state index contributed by atoms with van der Waals surface area (Å²) in [5, 5.41) is 8.91. The lowest BCUT2D eigenvalue weighted by atomic mass is 10.1.